The Morgan fingerprint density at radius 1 is 1.62 bits per heavy atom. The van der Waals surface area contributed by atoms with Gasteiger partial charge in [0.25, 0.3) is 0 Å². The van der Waals surface area contributed by atoms with E-state index in [1.165, 1.54) is 5.69 Å². The molecule has 2 rings (SSSR count). The number of hydrogen-bond donors (Lipinski definition) is 1. The zero-order valence-corrected chi connectivity index (χ0v) is 10.2. The Morgan fingerprint density at radius 2 is 2.44 bits per heavy atom. The van der Waals surface area contributed by atoms with Gasteiger partial charge in [0.15, 0.2) is 0 Å². The molecule has 4 nitrogen and oxygen atoms in total. The van der Waals surface area contributed by atoms with Crippen LogP contribution in [0.2, 0.25) is 0 Å². The van der Waals surface area contributed by atoms with Crippen molar-refractivity contribution < 1.29 is 4.74 Å². The van der Waals surface area contributed by atoms with Crippen LogP contribution in [0, 0.1) is 12.3 Å². The molecule has 4 heteroatoms. The first-order valence-corrected chi connectivity index (χ1v) is 5.93. The molecule has 1 atom stereocenters. The Labute approximate surface area is 96.8 Å². The summed E-state index contributed by atoms with van der Waals surface area (Å²) >= 11 is 0. The first-order chi connectivity index (χ1) is 7.65. The molecular formula is C12H21N3O. The zero-order chi connectivity index (χ0) is 11.6. The monoisotopic (exact) mass is 223 g/mol. The van der Waals surface area contributed by atoms with E-state index in [0.717, 1.165) is 38.2 Å². The molecule has 1 aromatic heterocycles. The number of nitrogens with zero attached hydrogens (tertiary/aromatic N) is 2. The van der Waals surface area contributed by atoms with E-state index in [-0.39, 0.29) is 5.41 Å². The van der Waals surface area contributed by atoms with E-state index in [1.54, 1.807) is 0 Å². The summed E-state index contributed by atoms with van der Waals surface area (Å²) in [6.45, 7) is 4.38. The Hall–Kier alpha value is -0.870. The number of hydrogen-bond acceptors (Lipinski definition) is 3. The van der Waals surface area contributed by atoms with Crippen molar-refractivity contribution in [1.29, 1.82) is 0 Å². The average Bonchev–Trinajstić information content (AvgIpc) is 2.59. The van der Waals surface area contributed by atoms with Gasteiger partial charge < -0.3 is 10.5 Å². The molecule has 1 aliphatic heterocycles. The Balaban J connectivity index is 2.14. The van der Waals surface area contributed by atoms with Gasteiger partial charge >= 0.3 is 0 Å². The third-order valence-corrected chi connectivity index (χ3v) is 3.49. The zero-order valence-electron chi connectivity index (χ0n) is 10.2. The molecule has 1 saturated heterocycles. The quantitative estimate of drug-likeness (QED) is 0.832. The molecule has 2 heterocycles. The second-order valence-electron chi connectivity index (χ2n) is 4.94. The van der Waals surface area contributed by atoms with E-state index in [4.69, 9.17) is 10.5 Å². The highest BCUT2D eigenvalue weighted by atomic mass is 16.5. The summed E-state index contributed by atoms with van der Waals surface area (Å²) in [6, 6.07) is 2.14. The highest BCUT2D eigenvalue weighted by Crippen LogP contribution is 2.31. The van der Waals surface area contributed by atoms with Crippen LogP contribution in [0.4, 0.5) is 0 Å². The van der Waals surface area contributed by atoms with Crippen molar-refractivity contribution in [2.45, 2.75) is 26.2 Å². The SMILES string of the molecule is Cc1cc(CC2(CN)CCCOC2)n(C)n1. The minimum atomic E-state index is 0.123. The number of rotatable bonds is 3. The Morgan fingerprint density at radius 3 is 2.94 bits per heavy atom. The van der Waals surface area contributed by atoms with Crippen LogP contribution in [0.3, 0.4) is 0 Å². The molecular weight excluding hydrogens is 202 g/mol. The molecule has 0 aliphatic carbocycles. The van der Waals surface area contributed by atoms with Crippen molar-refractivity contribution in [3.8, 4) is 0 Å². The van der Waals surface area contributed by atoms with Crippen molar-refractivity contribution in [2.24, 2.45) is 18.2 Å². The lowest BCUT2D eigenvalue weighted by Gasteiger charge is -2.35. The van der Waals surface area contributed by atoms with Crippen LogP contribution in [0.15, 0.2) is 6.07 Å². The van der Waals surface area contributed by atoms with E-state index in [0.29, 0.717) is 6.54 Å². The van der Waals surface area contributed by atoms with Crippen LogP contribution in [-0.4, -0.2) is 29.5 Å². The third kappa shape index (κ3) is 2.28. The summed E-state index contributed by atoms with van der Waals surface area (Å²) in [7, 11) is 2.00. The molecule has 1 aliphatic rings. The van der Waals surface area contributed by atoms with Crippen LogP contribution in [0.25, 0.3) is 0 Å². The summed E-state index contributed by atoms with van der Waals surface area (Å²) in [6.07, 6.45) is 3.25. The molecule has 0 aromatic carbocycles. The van der Waals surface area contributed by atoms with E-state index in [2.05, 4.69) is 11.2 Å². The van der Waals surface area contributed by atoms with Crippen LogP contribution < -0.4 is 5.73 Å². The summed E-state index contributed by atoms with van der Waals surface area (Å²) in [5.41, 5.74) is 8.39. The number of aryl methyl sites for hydroxylation is 2. The summed E-state index contributed by atoms with van der Waals surface area (Å²) in [4.78, 5) is 0. The summed E-state index contributed by atoms with van der Waals surface area (Å²) in [5, 5.41) is 4.38. The van der Waals surface area contributed by atoms with E-state index in [9.17, 15) is 0 Å². The van der Waals surface area contributed by atoms with Crippen molar-refractivity contribution >= 4 is 0 Å². The lowest BCUT2D eigenvalue weighted by atomic mass is 9.78. The maximum atomic E-state index is 5.93. The van der Waals surface area contributed by atoms with Crippen molar-refractivity contribution in [3.05, 3.63) is 17.5 Å². The van der Waals surface area contributed by atoms with Gasteiger partial charge in [-0.15, -0.1) is 0 Å². The van der Waals surface area contributed by atoms with E-state index >= 15 is 0 Å². The minimum absolute atomic E-state index is 0.123. The fourth-order valence-corrected chi connectivity index (χ4v) is 2.50. The van der Waals surface area contributed by atoms with Gasteiger partial charge in [0.2, 0.25) is 0 Å². The van der Waals surface area contributed by atoms with Gasteiger partial charge in [-0.2, -0.15) is 5.10 Å². The molecule has 1 aromatic rings. The van der Waals surface area contributed by atoms with Crippen molar-refractivity contribution in [2.75, 3.05) is 19.8 Å². The van der Waals surface area contributed by atoms with Crippen molar-refractivity contribution in [1.82, 2.24) is 9.78 Å². The predicted molar refractivity (Wildman–Crippen MR) is 63.2 cm³/mol. The Kier molecular flexibility index (Phi) is 3.30. The standard InChI is InChI=1S/C12H21N3O/c1-10-6-11(15(2)14-10)7-12(8-13)4-3-5-16-9-12/h6H,3-5,7-9,13H2,1-2H3. The predicted octanol–water partition coefficient (Wildman–Crippen LogP) is 1.03. The van der Waals surface area contributed by atoms with Gasteiger partial charge in [-0.25, -0.2) is 0 Å². The summed E-state index contributed by atoms with van der Waals surface area (Å²) in [5.74, 6) is 0. The largest absolute Gasteiger partial charge is 0.381 e. The highest BCUT2D eigenvalue weighted by Gasteiger charge is 2.32. The van der Waals surface area contributed by atoms with E-state index in [1.807, 2.05) is 18.7 Å². The average molecular weight is 223 g/mol. The van der Waals surface area contributed by atoms with Crippen LogP contribution in [-0.2, 0) is 18.2 Å². The minimum Gasteiger partial charge on any atom is -0.381 e. The fraction of sp³-hybridized carbons (Fsp3) is 0.750. The van der Waals surface area contributed by atoms with Gasteiger partial charge in [-0.3, -0.25) is 4.68 Å². The third-order valence-electron chi connectivity index (χ3n) is 3.49. The van der Waals surface area contributed by atoms with Gasteiger partial charge in [0, 0.05) is 31.3 Å². The van der Waals surface area contributed by atoms with Crippen LogP contribution in [0.5, 0.6) is 0 Å². The normalized spacial score (nSPS) is 25.9. The second kappa shape index (κ2) is 4.55. The van der Waals surface area contributed by atoms with Gasteiger partial charge in [-0.1, -0.05) is 0 Å². The molecule has 1 fully saturated rings. The van der Waals surface area contributed by atoms with Gasteiger partial charge in [0.1, 0.15) is 0 Å². The molecule has 90 valence electrons. The summed E-state index contributed by atoms with van der Waals surface area (Å²) < 4.78 is 7.55. The lowest BCUT2D eigenvalue weighted by Crippen LogP contribution is -2.41. The molecule has 0 bridgehead atoms. The Bertz CT molecular complexity index is 353. The topological polar surface area (TPSA) is 53.1 Å². The van der Waals surface area contributed by atoms with Crippen LogP contribution in [0.1, 0.15) is 24.2 Å². The molecule has 1 unspecified atom stereocenters. The smallest absolute Gasteiger partial charge is 0.0596 e. The number of nitrogens with two attached hydrogens (primary N) is 1. The van der Waals surface area contributed by atoms with Crippen LogP contribution >= 0.6 is 0 Å². The number of aromatic nitrogens is 2. The van der Waals surface area contributed by atoms with Crippen molar-refractivity contribution in [3.63, 3.8) is 0 Å². The molecule has 0 spiro atoms. The molecule has 2 N–H and O–H groups in total. The number of ether oxygens (including phenoxy) is 1. The molecule has 0 saturated carbocycles. The lowest BCUT2D eigenvalue weighted by molar-refractivity contribution is -0.00353. The van der Waals surface area contributed by atoms with E-state index < -0.39 is 0 Å². The molecule has 0 radical (unpaired) electrons. The maximum Gasteiger partial charge on any atom is 0.0596 e. The first kappa shape index (κ1) is 11.6. The van der Waals surface area contributed by atoms with Gasteiger partial charge in [0.05, 0.1) is 12.3 Å². The molecule has 16 heavy (non-hydrogen) atoms. The second-order valence-corrected chi connectivity index (χ2v) is 4.94. The first-order valence-electron chi connectivity index (χ1n) is 5.93. The van der Waals surface area contributed by atoms with Gasteiger partial charge in [-0.05, 0) is 32.3 Å². The highest BCUT2D eigenvalue weighted by molar-refractivity contribution is 5.11. The molecule has 0 amide bonds. The fourth-order valence-electron chi connectivity index (χ4n) is 2.50. The maximum absolute atomic E-state index is 5.93.